The molecule has 0 aliphatic carbocycles. The molecular formula is C14H10O2S5. The first-order chi connectivity index (χ1) is 10.2. The van der Waals surface area contributed by atoms with Crippen LogP contribution in [-0.4, -0.2) is 13.2 Å². The smallest absolute Gasteiger partial charge is 0.181 e. The zero-order valence-corrected chi connectivity index (χ0v) is 14.9. The molecule has 7 heteroatoms. The van der Waals surface area contributed by atoms with Crippen molar-refractivity contribution in [2.45, 2.75) is 8.42 Å². The first-order valence-electron chi connectivity index (χ1n) is 6.23. The lowest BCUT2D eigenvalue weighted by atomic mass is 10.3. The Kier molecular flexibility index (Phi) is 3.71. The fraction of sp³-hybridized carbons (Fsp3) is 0.143. The topological polar surface area (TPSA) is 18.5 Å². The lowest BCUT2D eigenvalue weighted by Gasteiger charge is -2.16. The van der Waals surface area contributed by atoms with Gasteiger partial charge in [-0.1, -0.05) is 0 Å². The van der Waals surface area contributed by atoms with Gasteiger partial charge in [0.1, 0.15) is 13.2 Å². The van der Waals surface area contributed by atoms with Crippen molar-refractivity contribution in [3.63, 3.8) is 0 Å². The Labute approximate surface area is 145 Å². The van der Waals surface area contributed by atoms with Gasteiger partial charge in [0, 0.05) is 9.75 Å². The average molecular weight is 371 g/mol. The van der Waals surface area contributed by atoms with Gasteiger partial charge in [0.15, 0.2) is 11.5 Å². The molecule has 1 aliphatic heterocycles. The standard InChI is InChI=1S/C14H10O2S5/c17-9-3-1-7(19-9)13-11-12(16-6-5-15-11)14(21-13)8-2-4-10(18)20-8/h1-4,17-18H,5-6H2. The van der Waals surface area contributed by atoms with E-state index < -0.39 is 0 Å². The van der Waals surface area contributed by atoms with Crippen molar-refractivity contribution in [1.82, 2.24) is 0 Å². The van der Waals surface area contributed by atoms with Crippen LogP contribution in [0.5, 0.6) is 11.5 Å². The van der Waals surface area contributed by atoms with Crippen molar-refractivity contribution in [2.75, 3.05) is 13.2 Å². The molecule has 0 amide bonds. The van der Waals surface area contributed by atoms with Crippen molar-refractivity contribution >= 4 is 59.3 Å². The second-order valence-electron chi connectivity index (χ2n) is 4.39. The Morgan fingerprint density at radius 2 is 1.19 bits per heavy atom. The summed E-state index contributed by atoms with van der Waals surface area (Å²) in [5.74, 6) is 1.73. The van der Waals surface area contributed by atoms with Crippen molar-refractivity contribution in [3.8, 4) is 31.0 Å². The lowest BCUT2D eigenvalue weighted by Crippen LogP contribution is -2.14. The quantitative estimate of drug-likeness (QED) is 0.576. The highest BCUT2D eigenvalue weighted by molar-refractivity contribution is 7.83. The highest BCUT2D eigenvalue weighted by Crippen LogP contribution is 2.55. The summed E-state index contributed by atoms with van der Waals surface area (Å²) in [5, 5.41) is 0. The number of ether oxygens (including phenoxy) is 2. The third-order valence-electron chi connectivity index (χ3n) is 3.03. The number of thiol groups is 2. The van der Waals surface area contributed by atoms with Crippen molar-refractivity contribution < 1.29 is 9.47 Å². The summed E-state index contributed by atoms with van der Waals surface area (Å²) in [4.78, 5) is 4.58. The molecule has 2 nitrogen and oxygen atoms in total. The highest BCUT2D eigenvalue weighted by atomic mass is 32.2. The Balaban J connectivity index is 1.90. The van der Waals surface area contributed by atoms with Crippen LogP contribution in [0.3, 0.4) is 0 Å². The van der Waals surface area contributed by atoms with Gasteiger partial charge in [-0.2, -0.15) is 0 Å². The number of hydrogen-bond acceptors (Lipinski definition) is 7. The number of fused-ring (bicyclic) bond motifs is 1. The average Bonchev–Trinajstić information content (AvgIpc) is 3.17. The van der Waals surface area contributed by atoms with Crippen LogP contribution in [0.2, 0.25) is 0 Å². The summed E-state index contributed by atoms with van der Waals surface area (Å²) in [6.45, 7) is 1.19. The van der Waals surface area contributed by atoms with Gasteiger partial charge in [-0.05, 0) is 24.3 Å². The summed E-state index contributed by atoms with van der Waals surface area (Å²) in [5.41, 5.74) is 0. The minimum Gasteiger partial charge on any atom is -0.485 e. The normalized spacial score (nSPS) is 13.6. The first-order valence-corrected chi connectivity index (χ1v) is 9.57. The van der Waals surface area contributed by atoms with E-state index in [1.165, 1.54) is 9.75 Å². The van der Waals surface area contributed by atoms with E-state index in [2.05, 4.69) is 37.4 Å². The van der Waals surface area contributed by atoms with Crippen LogP contribution in [0.4, 0.5) is 0 Å². The summed E-state index contributed by atoms with van der Waals surface area (Å²) < 4.78 is 13.8. The van der Waals surface area contributed by atoms with E-state index >= 15 is 0 Å². The van der Waals surface area contributed by atoms with E-state index in [1.54, 1.807) is 34.0 Å². The molecule has 108 valence electrons. The zero-order valence-electron chi connectivity index (χ0n) is 10.7. The Morgan fingerprint density at radius 1 is 0.714 bits per heavy atom. The van der Waals surface area contributed by atoms with E-state index in [4.69, 9.17) is 9.47 Å². The SMILES string of the molecule is Sc1ccc(-c2sc(-c3ccc(S)s3)c3c2OCCO3)s1. The van der Waals surface area contributed by atoms with Gasteiger partial charge < -0.3 is 9.47 Å². The third kappa shape index (κ3) is 2.51. The third-order valence-corrected chi connectivity index (χ3v) is 7.16. The fourth-order valence-corrected chi connectivity index (χ4v) is 5.81. The summed E-state index contributed by atoms with van der Waals surface area (Å²) in [6, 6.07) is 8.18. The second-order valence-corrected chi connectivity index (χ2v) is 9.15. The maximum atomic E-state index is 5.88. The number of hydrogen-bond donors (Lipinski definition) is 2. The second kappa shape index (κ2) is 5.55. The molecule has 0 saturated carbocycles. The largest absolute Gasteiger partial charge is 0.485 e. The Bertz CT molecular complexity index is 734. The molecule has 0 fully saturated rings. The molecule has 0 atom stereocenters. The van der Waals surface area contributed by atoms with Gasteiger partial charge in [0.05, 0.1) is 18.2 Å². The predicted molar refractivity (Wildman–Crippen MR) is 96.4 cm³/mol. The number of rotatable bonds is 2. The molecular weight excluding hydrogens is 360 g/mol. The van der Waals surface area contributed by atoms with E-state index in [1.807, 2.05) is 12.1 Å². The number of thiophene rings is 3. The van der Waals surface area contributed by atoms with Crippen LogP contribution in [0.25, 0.3) is 19.5 Å². The highest BCUT2D eigenvalue weighted by Gasteiger charge is 2.27. The maximum absolute atomic E-state index is 5.88. The first kappa shape index (κ1) is 14.0. The molecule has 0 saturated heterocycles. The van der Waals surface area contributed by atoms with E-state index in [9.17, 15) is 0 Å². The van der Waals surface area contributed by atoms with E-state index in [0.29, 0.717) is 13.2 Å². The van der Waals surface area contributed by atoms with Gasteiger partial charge >= 0.3 is 0 Å². The predicted octanol–water partition coefficient (Wildman–Crippen LogP) is 5.55. The molecule has 1 aliphatic rings. The molecule has 0 bridgehead atoms. The molecule has 21 heavy (non-hydrogen) atoms. The van der Waals surface area contributed by atoms with Crippen molar-refractivity contribution in [2.24, 2.45) is 0 Å². The molecule has 4 rings (SSSR count). The maximum Gasteiger partial charge on any atom is 0.181 e. The fourth-order valence-electron chi connectivity index (χ4n) is 2.17. The lowest BCUT2D eigenvalue weighted by molar-refractivity contribution is 0.175. The van der Waals surface area contributed by atoms with Gasteiger partial charge in [0.2, 0.25) is 0 Å². The van der Waals surface area contributed by atoms with Crippen LogP contribution in [0, 0.1) is 0 Å². The molecule has 3 aromatic heterocycles. The van der Waals surface area contributed by atoms with E-state index in [0.717, 1.165) is 29.7 Å². The van der Waals surface area contributed by atoms with E-state index in [-0.39, 0.29) is 0 Å². The van der Waals surface area contributed by atoms with Crippen LogP contribution < -0.4 is 9.47 Å². The minimum absolute atomic E-state index is 0.595. The van der Waals surface area contributed by atoms with Crippen molar-refractivity contribution in [3.05, 3.63) is 24.3 Å². The molecule has 3 aromatic rings. The summed E-state index contributed by atoms with van der Waals surface area (Å²) >= 11 is 13.8. The van der Waals surface area contributed by atoms with Gasteiger partial charge in [-0.25, -0.2) is 0 Å². The Morgan fingerprint density at radius 3 is 1.57 bits per heavy atom. The molecule has 0 aromatic carbocycles. The van der Waals surface area contributed by atoms with Gasteiger partial charge in [-0.15, -0.1) is 59.3 Å². The molecule has 0 unspecified atom stereocenters. The Hall–Kier alpha value is -0.600. The summed E-state index contributed by atoms with van der Waals surface area (Å²) in [6.07, 6.45) is 0. The molecule has 0 N–H and O–H groups in total. The zero-order chi connectivity index (χ0) is 14.4. The van der Waals surface area contributed by atoms with Crippen molar-refractivity contribution in [1.29, 1.82) is 0 Å². The van der Waals surface area contributed by atoms with Crippen LogP contribution in [-0.2, 0) is 0 Å². The minimum atomic E-state index is 0.595. The molecule has 4 heterocycles. The molecule has 0 radical (unpaired) electrons. The molecule has 0 spiro atoms. The van der Waals surface area contributed by atoms with Crippen LogP contribution in [0.15, 0.2) is 32.7 Å². The van der Waals surface area contributed by atoms with Gasteiger partial charge in [0.25, 0.3) is 0 Å². The van der Waals surface area contributed by atoms with Crippen LogP contribution in [0.1, 0.15) is 0 Å². The van der Waals surface area contributed by atoms with Crippen LogP contribution >= 0.6 is 59.3 Å². The summed E-state index contributed by atoms with van der Waals surface area (Å²) in [7, 11) is 0. The monoisotopic (exact) mass is 370 g/mol. The van der Waals surface area contributed by atoms with Gasteiger partial charge in [-0.3, -0.25) is 0 Å².